The molecular weight excluding hydrogens is 202 g/mol. The number of aromatic nitrogens is 2. The maximum atomic E-state index is 11.4. The van der Waals surface area contributed by atoms with E-state index in [1.807, 2.05) is 22.8 Å². The van der Waals surface area contributed by atoms with Crippen LogP contribution in [0.25, 0.3) is 0 Å². The largest absolute Gasteiger partial charge is 0.339 e. The number of hydrogen-bond donors (Lipinski definition) is 0. The van der Waals surface area contributed by atoms with Crippen LogP contribution in [0.15, 0.2) is 24.9 Å². The standard InChI is InChI=1S/C12H17N3O/c1-3-12(16)15-8-4-10(5-9-15)11-6-7-14(2)13-11/h3,6-7,10H,1,4-5,8-9H2,2H3. The van der Waals surface area contributed by atoms with Gasteiger partial charge >= 0.3 is 0 Å². The molecule has 0 aliphatic carbocycles. The fraction of sp³-hybridized carbons (Fsp3) is 0.500. The summed E-state index contributed by atoms with van der Waals surface area (Å²) in [5.74, 6) is 0.537. The number of carbonyl (C=O) groups excluding carboxylic acids is 1. The van der Waals surface area contributed by atoms with Gasteiger partial charge < -0.3 is 4.90 Å². The lowest BCUT2D eigenvalue weighted by Gasteiger charge is -2.30. The number of likely N-dealkylation sites (tertiary alicyclic amines) is 1. The molecule has 1 aromatic heterocycles. The lowest BCUT2D eigenvalue weighted by molar-refractivity contribution is -0.127. The Kier molecular flexibility index (Phi) is 3.08. The number of nitrogens with zero attached hydrogens (tertiary/aromatic N) is 3. The zero-order valence-corrected chi connectivity index (χ0v) is 9.59. The van der Waals surface area contributed by atoms with Crippen LogP contribution in [0.4, 0.5) is 0 Å². The van der Waals surface area contributed by atoms with Crippen molar-refractivity contribution in [2.75, 3.05) is 13.1 Å². The molecule has 1 saturated heterocycles. The first-order valence-corrected chi connectivity index (χ1v) is 5.61. The van der Waals surface area contributed by atoms with Crippen molar-refractivity contribution in [3.05, 3.63) is 30.6 Å². The topological polar surface area (TPSA) is 38.1 Å². The van der Waals surface area contributed by atoms with Crippen LogP contribution in [0.2, 0.25) is 0 Å². The van der Waals surface area contributed by atoms with E-state index in [9.17, 15) is 4.79 Å². The summed E-state index contributed by atoms with van der Waals surface area (Å²) in [7, 11) is 1.93. The third-order valence-corrected chi connectivity index (χ3v) is 3.13. The molecule has 0 spiro atoms. The molecule has 2 rings (SSSR count). The zero-order valence-electron chi connectivity index (χ0n) is 9.59. The van der Waals surface area contributed by atoms with Crippen molar-refractivity contribution in [1.82, 2.24) is 14.7 Å². The Balaban J connectivity index is 1.95. The Morgan fingerprint density at radius 3 is 2.75 bits per heavy atom. The van der Waals surface area contributed by atoms with Gasteiger partial charge in [-0.1, -0.05) is 6.58 Å². The van der Waals surface area contributed by atoms with Crippen molar-refractivity contribution in [2.24, 2.45) is 7.05 Å². The maximum absolute atomic E-state index is 11.4. The number of aryl methyl sites for hydroxylation is 1. The van der Waals surface area contributed by atoms with Gasteiger partial charge in [-0.3, -0.25) is 9.48 Å². The van der Waals surface area contributed by atoms with Gasteiger partial charge in [0, 0.05) is 32.3 Å². The van der Waals surface area contributed by atoms with Gasteiger partial charge in [-0.15, -0.1) is 0 Å². The first-order valence-electron chi connectivity index (χ1n) is 5.61. The molecule has 1 amide bonds. The van der Waals surface area contributed by atoms with E-state index >= 15 is 0 Å². The van der Waals surface area contributed by atoms with Crippen molar-refractivity contribution < 1.29 is 4.79 Å². The monoisotopic (exact) mass is 219 g/mol. The fourth-order valence-electron chi connectivity index (χ4n) is 2.18. The van der Waals surface area contributed by atoms with Crippen molar-refractivity contribution in [2.45, 2.75) is 18.8 Å². The molecule has 4 nitrogen and oxygen atoms in total. The van der Waals surface area contributed by atoms with E-state index in [1.165, 1.54) is 6.08 Å². The number of carbonyl (C=O) groups is 1. The van der Waals surface area contributed by atoms with Crippen molar-refractivity contribution >= 4 is 5.91 Å². The molecule has 0 atom stereocenters. The SMILES string of the molecule is C=CC(=O)N1CCC(c2ccn(C)n2)CC1. The molecule has 0 bridgehead atoms. The van der Waals surface area contributed by atoms with Gasteiger partial charge in [0.05, 0.1) is 5.69 Å². The molecule has 0 unspecified atom stereocenters. The predicted octanol–water partition coefficient (Wildman–Crippen LogP) is 1.31. The van der Waals surface area contributed by atoms with Gasteiger partial charge in [0.1, 0.15) is 0 Å². The highest BCUT2D eigenvalue weighted by atomic mass is 16.2. The first kappa shape index (κ1) is 10.9. The summed E-state index contributed by atoms with van der Waals surface area (Å²) in [4.78, 5) is 13.3. The van der Waals surface area contributed by atoms with Crippen molar-refractivity contribution in [1.29, 1.82) is 0 Å². The third kappa shape index (κ3) is 2.15. The van der Waals surface area contributed by atoms with Gasteiger partial charge in [0.15, 0.2) is 0 Å². The molecule has 1 aliphatic rings. The summed E-state index contributed by atoms with van der Waals surface area (Å²) >= 11 is 0. The molecule has 86 valence electrons. The Bertz CT molecular complexity index is 389. The van der Waals surface area contributed by atoms with E-state index in [4.69, 9.17) is 0 Å². The number of amides is 1. The minimum atomic E-state index is 0.0412. The Morgan fingerprint density at radius 1 is 1.56 bits per heavy atom. The second-order valence-corrected chi connectivity index (χ2v) is 4.22. The van der Waals surface area contributed by atoms with Crippen LogP contribution in [-0.4, -0.2) is 33.7 Å². The second kappa shape index (κ2) is 4.51. The summed E-state index contributed by atoms with van der Waals surface area (Å²) in [5, 5.41) is 4.42. The first-order chi connectivity index (χ1) is 7.70. The van der Waals surface area contributed by atoms with E-state index in [0.29, 0.717) is 5.92 Å². The Labute approximate surface area is 95.5 Å². The molecule has 1 fully saturated rings. The molecule has 0 N–H and O–H groups in total. The highest BCUT2D eigenvalue weighted by Crippen LogP contribution is 2.26. The zero-order chi connectivity index (χ0) is 11.5. The van der Waals surface area contributed by atoms with Crippen LogP contribution in [0.1, 0.15) is 24.5 Å². The minimum Gasteiger partial charge on any atom is -0.339 e. The highest BCUT2D eigenvalue weighted by molar-refractivity contribution is 5.87. The second-order valence-electron chi connectivity index (χ2n) is 4.22. The van der Waals surface area contributed by atoms with E-state index < -0.39 is 0 Å². The smallest absolute Gasteiger partial charge is 0.245 e. The van der Waals surface area contributed by atoms with Gasteiger partial charge in [-0.2, -0.15) is 5.10 Å². The predicted molar refractivity (Wildman–Crippen MR) is 62.0 cm³/mol. The van der Waals surface area contributed by atoms with Gasteiger partial charge in [0.2, 0.25) is 5.91 Å². The van der Waals surface area contributed by atoms with Crippen LogP contribution in [0, 0.1) is 0 Å². The summed E-state index contributed by atoms with van der Waals surface area (Å²) in [6.07, 6.45) is 5.35. The molecular formula is C12H17N3O. The number of hydrogen-bond acceptors (Lipinski definition) is 2. The van der Waals surface area contributed by atoms with E-state index in [0.717, 1.165) is 31.6 Å². The molecule has 4 heteroatoms. The molecule has 16 heavy (non-hydrogen) atoms. The van der Waals surface area contributed by atoms with E-state index in [-0.39, 0.29) is 5.91 Å². The maximum Gasteiger partial charge on any atom is 0.245 e. The fourth-order valence-corrected chi connectivity index (χ4v) is 2.18. The number of piperidine rings is 1. The van der Waals surface area contributed by atoms with Crippen LogP contribution in [0.3, 0.4) is 0 Å². The number of rotatable bonds is 2. The Morgan fingerprint density at radius 2 is 2.25 bits per heavy atom. The minimum absolute atomic E-state index is 0.0412. The summed E-state index contributed by atoms with van der Waals surface area (Å²) in [6, 6.07) is 2.07. The van der Waals surface area contributed by atoms with Crippen LogP contribution >= 0.6 is 0 Å². The molecule has 2 heterocycles. The third-order valence-electron chi connectivity index (χ3n) is 3.13. The molecule has 1 aromatic rings. The van der Waals surface area contributed by atoms with E-state index in [1.54, 1.807) is 0 Å². The van der Waals surface area contributed by atoms with E-state index in [2.05, 4.69) is 17.7 Å². The van der Waals surface area contributed by atoms with Crippen LogP contribution < -0.4 is 0 Å². The summed E-state index contributed by atoms with van der Waals surface area (Å²) in [6.45, 7) is 5.13. The molecule has 0 radical (unpaired) electrons. The lowest BCUT2D eigenvalue weighted by atomic mass is 9.94. The van der Waals surface area contributed by atoms with Crippen molar-refractivity contribution in [3.63, 3.8) is 0 Å². The van der Waals surface area contributed by atoms with Crippen LogP contribution in [0.5, 0.6) is 0 Å². The highest BCUT2D eigenvalue weighted by Gasteiger charge is 2.23. The van der Waals surface area contributed by atoms with Crippen LogP contribution in [-0.2, 0) is 11.8 Å². The van der Waals surface area contributed by atoms with Crippen molar-refractivity contribution in [3.8, 4) is 0 Å². The summed E-state index contributed by atoms with van der Waals surface area (Å²) in [5.41, 5.74) is 1.15. The van der Waals surface area contributed by atoms with Gasteiger partial charge in [0.25, 0.3) is 0 Å². The quantitative estimate of drug-likeness (QED) is 0.703. The average Bonchev–Trinajstić information content (AvgIpc) is 2.75. The molecule has 0 aromatic carbocycles. The molecule has 1 aliphatic heterocycles. The normalized spacial score (nSPS) is 17.4. The molecule has 0 saturated carbocycles. The van der Waals surface area contributed by atoms with Gasteiger partial charge in [-0.25, -0.2) is 0 Å². The average molecular weight is 219 g/mol. The van der Waals surface area contributed by atoms with Gasteiger partial charge in [-0.05, 0) is 25.0 Å². The lowest BCUT2D eigenvalue weighted by Crippen LogP contribution is -2.36. The Hall–Kier alpha value is -1.58. The summed E-state index contributed by atoms with van der Waals surface area (Å²) < 4.78 is 1.83.